The molecule has 0 unspecified atom stereocenters. The molecule has 0 atom stereocenters. The molecule has 9 rings (SSSR count). The van der Waals surface area contributed by atoms with Crippen molar-refractivity contribution < 1.29 is 0 Å². The van der Waals surface area contributed by atoms with Crippen molar-refractivity contribution in [3.8, 4) is 11.1 Å². The third kappa shape index (κ3) is 3.95. The van der Waals surface area contributed by atoms with E-state index in [9.17, 15) is 0 Å². The van der Waals surface area contributed by atoms with Gasteiger partial charge in [0, 0.05) is 53.2 Å². The molecule has 9 aromatic rings. The lowest BCUT2D eigenvalue weighted by atomic mass is 10.0. The Hall–Kier alpha value is -5.03. The van der Waals surface area contributed by atoms with Gasteiger partial charge in [-0.2, -0.15) is 0 Å². The number of hydrogen-bond acceptors (Lipinski definition) is 4. The second-order valence-corrected chi connectivity index (χ2v) is 13.0. The average Bonchev–Trinajstić information content (AvgIpc) is 3.64. The molecule has 0 bridgehead atoms. The summed E-state index contributed by atoms with van der Waals surface area (Å²) in [6.45, 7) is 0. The first-order chi connectivity index (χ1) is 21.3. The maximum Gasteiger partial charge on any atom is 0.0824 e. The Morgan fingerprint density at radius 2 is 1.19 bits per heavy atom. The van der Waals surface area contributed by atoms with Crippen molar-refractivity contribution >= 4 is 90.9 Å². The second kappa shape index (κ2) is 9.77. The number of fused-ring (bicyclic) bond motifs is 8. The van der Waals surface area contributed by atoms with Crippen molar-refractivity contribution in [3.05, 3.63) is 146 Å². The van der Waals surface area contributed by atoms with Gasteiger partial charge in [-0.3, -0.25) is 4.98 Å². The monoisotopic (exact) mass is 584 g/mol. The summed E-state index contributed by atoms with van der Waals surface area (Å²) in [6.07, 6.45) is 4.07. The lowest BCUT2D eigenvalue weighted by molar-refractivity contribution is 1.26. The molecule has 0 aliphatic carbocycles. The molecule has 3 heterocycles. The van der Waals surface area contributed by atoms with Gasteiger partial charge in [-0.15, -0.1) is 22.7 Å². The van der Waals surface area contributed by atoms with E-state index in [4.69, 9.17) is 4.98 Å². The van der Waals surface area contributed by atoms with Crippen LogP contribution in [0.1, 0.15) is 0 Å². The number of nitrogens with zero attached hydrogens (tertiary/aromatic N) is 2. The second-order valence-electron chi connectivity index (χ2n) is 10.8. The molecule has 0 N–H and O–H groups in total. The molecule has 0 spiro atoms. The molecular weight excluding hydrogens is 561 g/mol. The van der Waals surface area contributed by atoms with Gasteiger partial charge in [0.05, 0.1) is 16.6 Å². The summed E-state index contributed by atoms with van der Waals surface area (Å²) in [6, 6.07) is 48.2. The van der Waals surface area contributed by atoms with Gasteiger partial charge >= 0.3 is 0 Å². The summed E-state index contributed by atoms with van der Waals surface area (Å²) in [5.74, 6) is 0. The number of rotatable bonds is 4. The molecule has 0 radical (unpaired) electrons. The van der Waals surface area contributed by atoms with E-state index in [2.05, 4.69) is 138 Å². The van der Waals surface area contributed by atoms with Crippen molar-refractivity contribution in [1.82, 2.24) is 4.98 Å². The first-order valence-electron chi connectivity index (χ1n) is 14.4. The Labute approximate surface area is 256 Å². The molecular formula is C39H24N2S2. The van der Waals surface area contributed by atoms with Gasteiger partial charge in [-0.1, -0.05) is 97.1 Å². The van der Waals surface area contributed by atoms with Gasteiger partial charge < -0.3 is 4.90 Å². The highest BCUT2D eigenvalue weighted by Gasteiger charge is 2.20. The van der Waals surface area contributed by atoms with Crippen molar-refractivity contribution in [1.29, 1.82) is 0 Å². The lowest BCUT2D eigenvalue weighted by Gasteiger charge is -2.26. The first-order valence-corrected chi connectivity index (χ1v) is 16.0. The van der Waals surface area contributed by atoms with Crippen LogP contribution in [0, 0.1) is 0 Å². The molecule has 0 fully saturated rings. The van der Waals surface area contributed by atoms with Crippen LogP contribution in [0.15, 0.2) is 146 Å². The maximum atomic E-state index is 4.84. The summed E-state index contributed by atoms with van der Waals surface area (Å²) in [7, 11) is 0. The normalized spacial score (nSPS) is 11.7. The minimum atomic E-state index is 1.09. The van der Waals surface area contributed by atoms with Crippen molar-refractivity contribution in [2.75, 3.05) is 4.90 Å². The topological polar surface area (TPSA) is 16.1 Å². The number of aromatic nitrogens is 1. The molecule has 2 nitrogen and oxygen atoms in total. The molecule has 0 amide bonds. The number of anilines is 3. The van der Waals surface area contributed by atoms with Gasteiger partial charge in [0.15, 0.2) is 0 Å². The van der Waals surface area contributed by atoms with Crippen molar-refractivity contribution in [2.24, 2.45) is 0 Å². The Morgan fingerprint density at radius 1 is 0.465 bits per heavy atom. The highest BCUT2D eigenvalue weighted by molar-refractivity contribution is 7.26. The first kappa shape index (κ1) is 24.6. The minimum Gasteiger partial charge on any atom is -0.308 e. The quantitative estimate of drug-likeness (QED) is 0.205. The van der Waals surface area contributed by atoms with Gasteiger partial charge in [0.2, 0.25) is 0 Å². The summed E-state index contributed by atoms with van der Waals surface area (Å²) < 4.78 is 5.12. The Balaban J connectivity index is 1.29. The predicted molar refractivity (Wildman–Crippen MR) is 188 cm³/mol. The van der Waals surface area contributed by atoms with Crippen LogP contribution in [0.25, 0.3) is 62.2 Å². The van der Waals surface area contributed by atoms with Gasteiger partial charge in [-0.25, -0.2) is 0 Å². The van der Waals surface area contributed by atoms with Crippen molar-refractivity contribution in [3.63, 3.8) is 0 Å². The third-order valence-electron chi connectivity index (χ3n) is 8.34. The molecule has 3 aromatic heterocycles. The SMILES string of the molecule is c1ccc(-c2ccc(N(c3ccc4c(c3)sc3ccccc34)c3cncc4c3sc3ccc5ccccc5c34)cc2)cc1. The van der Waals surface area contributed by atoms with E-state index in [1.807, 2.05) is 35.1 Å². The predicted octanol–water partition coefficient (Wildman–Crippen LogP) is 12.1. The van der Waals surface area contributed by atoms with Crippen LogP contribution in [-0.2, 0) is 0 Å². The number of pyridine rings is 1. The summed E-state index contributed by atoms with van der Waals surface area (Å²) >= 11 is 3.70. The number of benzene rings is 6. The third-order valence-corrected chi connectivity index (χ3v) is 10.7. The van der Waals surface area contributed by atoms with Crippen LogP contribution < -0.4 is 4.90 Å². The summed E-state index contributed by atoms with van der Waals surface area (Å²) in [5.41, 5.74) is 5.75. The zero-order valence-electron chi connectivity index (χ0n) is 23.1. The molecule has 4 heteroatoms. The van der Waals surface area contributed by atoms with Crippen molar-refractivity contribution in [2.45, 2.75) is 0 Å². The largest absolute Gasteiger partial charge is 0.308 e. The highest BCUT2D eigenvalue weighted by atomic mass is 32.1. The average molecular weight is 585 g/mol. The zero-order valence-corrected chi connectivity index (χ0v) is 24.7. The maximum absolute atomic E-state index is 4.84. The number of hydrogen-bond donors (Lipinski definition) is 0. The van der Waals surface area contributed by atoms with Gasteiger partial charge in [-0.05, 0) is 58.3 Å². The fourth-order valence-corrected chi connectivity index (χ4v) is 8.65. The molecule has 0 aliphatic heterocycles. The fourth-order valence-electron chi connectivity index (χ4n) is 6.32. The molecule has 202 valence electrons. The smallest absolute Gasteiger partial charge is 0.0824 e. The fraction of sp³-hybridized carbons (Fsp3) is 0. The molecule has 0 saturated heterocycles. The van der Waals surface area contributed by atoms with Crippen LogP contribution in [0.3, 0.4) is 0 Å². The van der Waals surface area contributed by atoms with Gasteiger partial charge in [0.25, 0.3) is 0 Å². The summed E-state index contributed by atoms with van der Waals surface area (Å²) in [5, 5.41) is 7.62. The zero-order chi connectivity index (χ0) is 28.3. The Bertz CT molecular complexity index is 2450. The van der Waals surface area contributed by atoms with Crippen LogP contribution >= 0.6 is 22.7 Å². The number of thiophene rings is 2. The van der Waals surface area contributed by atoms with E-state index in [-0.39, 0.29) is 0 Å². The molecule has 0 aliphatic rings. The van der Waals surface area contributed by atoms with Crippen LogP contribution in [0.2, 0.25) is 0 Å². The van der Waals surface area contributed by atoms with Crippen LogP contribution in [0.5, 0.6) is 0 Å². The minimum absolute atomic E-state index is 1.09. The van der Waals surface area contributed by atoms with E-state index in [0.717, 1.165) is 17.1 Å². The van der Waals surface area contributed by atoms with E-state index in [1.54, 1.807) is 0 Å². The van der Waals surface area contributed by atoms with E-state index >= 15 is 0 Å². The van der Waals surface area contributed by atoms with E-state index < -0.39 is 0 Å². The van der Waals surface area contributed by atoms with Gasteiger partial charge in [0.1, 0.15) is 0 Å². The lowest BCUT2D eigenvalue weighted by Crippen LogP contribution is -2.10. The summed E-state index contributed by atoms with van der Waals surface area (Å²) in [4.78, 5) is 7.22. The molecule has 43 heavy (non-hydrogen) atoms. The molecule has 6 aromatic carbocycles. The Morgan fingerprint density at radius 3 is 2.07 bits per heavy atom. The van der Waals surface area contributed by atoms with Crippen LogP contribution in [-0.4, -0.2) is 4.98 Å². The Kier molecular flexibility index (Phi) is 5.58. The van der Waals surface area contributed by atoms with E-state index in [1.165, 1.54) is 62.2 Å². The van der Waals surface area contributed by atoms with E-state index in [0.29, 0.717) is 0 Å². The molecule has 0 saturated carbocycles. The van der Waals surface area contributed by atoms with Crippen LogP contribution in [0.4, 0.5) is 17.1 Å². The standard InChI is InChI=1S/C39H24N2S2/c1-2-8-25(9-3-1)26-14-17-28(18-15-26)41(29-19-20-32-31-12-6-7-13-35(31)42-37(32)22-29)34-24-40-23-33-38-30-11-5-4-10-27(30)16-21-36(38)43-39(33)34/h1-24H. The highest BCUT2D eigenvalue weighted by Crippen LogP contribution is 2.47.